The highest BCUT2D eigenvalue weighted by molar-refractivity contribution is 5.95. The third-order valence-corrected chi connectivity index (χ3v) is 4.73. The zero-order chi connectivity index (χ0) is 24.1. The van der Waals surface area contributed by atoms with Crippen molar-refractivity contribution >= 4 is 17.4 Å². The van der Waals surface area contributed by atoms with Gasteiger partial charge in [-0.2, -0.15) is 0 Å². The van der Waals surface area contributed by atoms with E-state index >= 15 is 0 Å². The number of rotatable bonds is 9. The van der Waals surface area contributed by atoms with Gasteiger partial charge in [0.2, 0.25) is 11.7 Å². The number of aromatic nitrogens is 5. The normalized spacial score (nSPS) is 11.2. The first-order chi connectivity index (χ1) is 15.7. The predicted molar refractivity (Wildman–Crippen MR) is 119 cm³/mol. The molecule has 13 heteroatoms. The molecule has 0 aliphatic carbocycles. The summed E-state index contributed by atoms with van der Waals surface area (Å²) in [7, 11) is 1.43. The van der Waals surface area contributed by atoms with Crippen molar-refractivity contribution in [3.05, 3.63) is 55.8 Å². The van der Waals surface area contributed by atoms with Gasteiger partial charge in [0, 0.05) is 26.4 Å². The lowest BCUT2D eigenvalue weighted by Crippen LogP contribution is -2.44. The molecule has 0 radical (unpaired) electrons. The number of carbonyl (C=O) groups excluding carboxylic acids is 1. The first-order valence-corrected chi connectivity index (χ1v) is 10.1. The average molecular weight is 459 g/mol. The lowest BCUT2D eigenvalue weighted by atomic mass is 10.2. The molecule has 0 aliphatic rings. The zero-order valence-corrected chi connectivity index (χ0v) is 18.5. The maximum absolute atomic E-state index is 13.3. The van der Waals surface area contributed by atoms with Crippen molar-refractivity contribution in [2.75, 3.05) is 30.9 Å². The largest absolute Gasteiger partial charge is 0.442 e. The summed E-state index contributed by atoms with van der Waals surface area (Å²) in [5.74, 6) is -1.61. The smallest absolute Gasteiger partial charge is 0.383 e. The van der Waals surface area contributed by atoms with Crippen molar-refractivity contribution in [3.63, 3.8) is 0 Å². The van der Waals surface area contributed by atoms with Crippen LogP contribution in [-0.2, 0) is 22.6 Å². The van der Waals surface area contributed by atoms with E-state index in [4.69, 9.17) is 15.0 Å². The van der Waals surface area contributed by atoms with Crippen LogP contribution in [0.3, 0.4) is 0 Å². The molecule has 0 spiro atoms. The number of pyridine rings is 1. The molecular weight excluding hydrogens is 434 g/mol. The van der Waals surface area contributed by atoms with Crippen LogP contribution in [0.1, 0.15) is 13.8 Å². The second-order valence-corrected chi connectivity index (χ2v) is 7.61. The van der Waals surface area contributed by atoms with Crippen LogP contribution in [0.4, 0.5) is 11.5 Å². The molecule has 0 fully saturated rings. The molecule has 0 aliphatic heterocycles. The molecule has 0 atom stereocenters. The number of aromatic amines is 1. The topological polar surface area (TPSA) is 171 Å². The number of methoxy groups -OCH3 is 1. The van der Waals surface area contributed by atoms with Crippen LogP contribution >= 0.6 is 0 Å². The molecule has 1 amide bonds. The van der Waals surface area contributed by atoms with Gasteiger partial charge in [0.1, 0.15) is 18.1 Å². The number of nitrogens with zero attached hydrogens (tertiary/aromatic N) is 5. The summed E-state index contributed by atoms with van der Waals surface area (Å²) < 4.78 is 12.0. The summed E-state index contributed by atoms with van der Waals surface area (Å²) in [6.07, 6.45) is 1.50. The van der Waals surface area contributed by atoms with Gasteiger partial charge in [-0.05, 0) is 18.1 Å². The molecule has 0 unspecified atom stereocenters. The van der Waals surface area contributed by atoms with Crippen LogP contribution < -0.4 is 27.6 Å². The molecule has 0 bridgehead atoms. The lowest BCUT2D eigenvalue weighted by Gasteiger charge is -2.24. The SMILES string of the molecule is COCCN(C(=O)Cn1c(-c2ccccn2)noc1=O)c1c(N)n(CC(C)C)c(=O)[nH]c1=O. The summed E-state index contributed by atoms with van der Waals surface area (Å²) in [5.41, 5.74) is 4.77. The number of nitrogens with two attached hydrogens (primary N) is 1. The number of amides is 1. The molecule has 3 aromatic rings. The Balaban J connectivity index is 2.05. The quantitative estimate of drug-likeness (QED) is 0.434. The zero-order valence-electron chi connectivity index (χ0n) is 18.5. The Morgan fingerprint density at radius 3 is 2.67 bits per heavy atom. The van der Waals surface area contributed by atoms with Gasteiger partial charge >= 0.3 is 11.4 Å². The van der Waals surface area contributed by atoms with E-state index in [1.165, 1.54) is 17.9 Å². The van der Waals surface area contributed by atoms with Gasteiger partial charge in [0.15, 0.2) is 5.69 Å². The van der Waals surface area contributed by atoms with Crippen molar-refractivity contribution < 1.29 is 14.1 Å². The maximum Gasteiger partial charge on any atom is 0.442 e. The summed E-state index contributed by atoms with van der Waals surface area (Å²) in [4.78, 5) is 57.9. The van der Waals surface area contributed by atoms with Crippen molar-refractivity contribution in [1.82, 2.24) is 24.3 Å². The fourth-order valence-electron chi connectivity index (χ4n) is 3.24. The van der Waals surface area contributed by atoms with E-state index in [9.17, 15) is 19.2 Å². The molecule has 0 saturated carbocycles. The van der Waals surface area contributed by atoms with Crippen molar-refractivity contribution in [1.29, 1.82) is 0 Å². The van der Waals surface area contributed by atoms with Gasteiger partial charge < -0.3 is 15.4 Å². The highest BCUT2D eigenvalue weighted by atomic mass is 16.5. The number of nitrogen functional groups attached to an aromatic ring is 1. The Labute approximate surface area is 187 Å². The summed E-state index contributed by atoms with van der Waals surface area (Å²) >= 11 is 0. The number of carbonyl (C=O) groups is 1. The van der Waals surface area contributed by atoms with E-state index in [0.29, 0.717) is 5.69 Å². The van der Waals surface area contributed by atoms with Crippen molar-refractivity contribution in [2.45, 2.75) is 26.9 Å². The minimum absolute atomic E-state index is 0.0448. The predicted octanol–water partition coefficient (Wildman–Crippen LogP) is -0.334. The molecule has 176 valence electrons. The Morgan fingerprint density at radius 2 is 2.03 bits per heavy atom. The highest BCUT2D eigenvalue weighted by Crippen LogP contribution is 2.19. The summed E-state index contributed by atoms with van der Waals surface area (Å²) in [6, 6.07) is 4.98. The standard InChI is InChI=1S/C20H25N7O6/c1-12(2)10-26-16(21)15(18(29)23-19(26)30)25(8-9-32-3)14(28)11-27-17(24-33-20(27)31)13-6-4-5-7-22-13/h4-7,12H,8-11,21H2,1-3H3,(H,23,29,30). The third kappa shape index (κ3) is 5.09. The van der Waals surface area contributed by atoms with Crippen LogP contribution in [0.2, 0.25) is 0 Å². The monoisotopic (exact) mass is 459 g/mol. The minimum atomic E-state index is -0.873. The third-order valence-electron chi connectivity index (χ3n) is 4.73. The summed E-state index contributed by atoms with van der Waals surface area (Å²) in [5, 5.41) is 3.71. The van der Waals surface area contributed by atoms with Gasteiger partial charge in [-0.15, -0.1) is 0 Å². The van der Waals surface area contributed by atoms with E-state index in [0.717, 1.165) is 9.47 Å². The molecule has 33 heavy (non-hydrogen) atoms. The van der Waals surface area contributed by atoms with Crippen molar-refractivity contribution in [2.24, 2.45) is 5.92 Å². The number of ether oxygens (including phenoxy) is 1. The van der Waals surface area contributed by atoms with Gasteiger partial charge in [0.25, 0.3) is 5.56 Å². The Morgan fingerprint density at radius 1 is 1.27 bits per heavy atom. The first-order valence-electron chi connectivity index (χ1n) is 10.1. The van der Waals surface area contributed by atoms with E-state index in [-0.39, 0.29) is 42.9 Å². The molecule has 3 aromatic heterocycles. The van der Waals surface area contributed by atoms with E-state index < -0.39 is 29.5 Å². The molecule has 3 heterocycles. The molecule has 3 rings (SSSR count). The van der Waals surface area contributed by atoms with Gasteiger partial charge in [-0.25, -0.2) is 14.2 Å². The van der Waals surface area contributed by atoms with Gasteiger partial charge in [-0.1, -0.05) is 25.1 Å². The molecule has 0 saturated heterocycles. The number of hydrogen-bond acceptors (Lipinski definition) is 9. The van der Waals surface area contributed by atoms with Crippen LogP contribution in [0.25, 0.3) is 11.5 Å². The average Bonchev–Trinajstić information content (AvgIpc) is 3.13. The Hall–Kier alpha value is -4.00. The number of H-pyrrole nitrogens is 1. The van der Waals surface area contributed by atoms with Crippen LogP contribution in [0.5, 0.6) is 0 Å². The minimum Gasteiger partial charge on any atom is -0.383 e. The number of anilines is 2. The fraction of sp³-hybridized carbons (Fsp3) is 0.400. The molecule has 3 N–H and O–H groups in total. The van der Waals surface area contributed by atoms with Crippen LogP contribution in [0.15, 0.2) is 43.3 Å². The summed E-state index contributed by atoms with van der Waals surface area (Å²) in [6.45, 7) is 3.49. The highest BCUT2D eigenvalue weighted by Gasteiger charge is 2.26. The van der Waals surface area contributed by atoms with Crippen LogP contribution in [-0.4, -0.2) is 50.4 Å². The lowest BCUT2D eigenvalue weighted by molar-refractivity contribution is -0.119. The van der Waals surface area contributed by atoms with Gasteiger partial charge in [0.05, 0.1) is 6.61 Å². The molecule has 0 aromatic carbocycles. The maximum atomic E-state index is 13.3. The first kappa shape index (κ1) is 23.7. The van der Waals surface area contributed by atoms with Crippen LogP contribution in [0, 0.1) is 5.92 Å². The Bertz CT molecular complexity index is 1290. The second kappa shape index (κ2) is 10.1. The Kier molecular flexibility index (Phi) is 7.23. The second-order valence-electron chi connectivity index (χ2n) is 7.61. The number of hydrogen-bond donors (Lipinski definition) is 2. The van der Waals surface area contributed by atoms with E-state index in [2.05, 4.69) is 15.1 Å². The van der Waals surface area contributed by atoms with Gasteiger partial charge in [-0.3, -0.25) is 28.6 Å². The van der Waals surface area contributed by atoms with E-state index in [1.807, 2.05) is 13.8 Å². The molecular formula is C20H25N7O6. The number of nitrogens with one attached hydrogen (secondary N) is 1. The van der Waals surface area contributed by atoms with E-state index in [1.54, 1.807) is 18.2 Å². The molecule has 13 nitrogen and oxygen atoms in total. The van der Waals surface area contributed by atoms with Crippen molar-refractivity contribution in [3.8, 4) is 11.5 Å². The fourth-order valence-corrected chi connectivity index (χ4v) is 3.24.